The van der Waals surface area contributed by atoms with Gasteiger partial charge in [-0.3, -0.25) is 0 Å². The second-order valence-electron chi connectivity index (χ2n) is 7.14. The molecule has 1 heterocycles. The van der Waals surface area contributed by atoms with E-state index in [4.69, 9.17) is 4.74 Å². The third-order valence-corrected chi connectivity index (χ3v) is 5.95. The lowest BCUT2D eigenvalue weighted by molar-refractivity contribution is 0.169. The summed E-state index contributed by atoms with van der Waals surface area (Å²) in [6.07, 6.45) is 2.08. The molecule has 0 aliphatic carbocycles. The highest BCUT2D eigenvalue weighted by molar-refractivity contribution is 7.89. The van der Waals surface area contributed by atoms with E-state index in [0.29, 0.717) is 24.1 Å². The average Bonchev–Trinajstić information content (AvgIpc) is 2.54. The third-order valence-electron chi connectivity index (χ3n) is 4.50. The highest BCUT2D eigenvalue weighted by Gasteiger charge is 2.24. The number of hydrogen-bond donors (Lipinski definition) is 1. The maximum absolute atomic E-state index is 12.6. The van der Waals surface area contributed by atoms with E-state index in [-0.39, 0.29) is 4.90 Å². The fourth-order valence-corrected chi connectivity index (χ4v) is 4.56. The molecule has 1 saturated heterocycles. The van der Waals surface area contributed by atoms with Gasteiger partial charge in [-0.1, -0.05) is 19.9 Å². The monoisotopic (exact) mass is 354 g/mol. The maximum Gasteiger partial charge on any atom is 0.244 e. The van der Waals surface area contributed by atoms with Gasteiger partial charge in [0.25, 0.3) is 0 Å². The molecule has 0 bridgehead atoms. The van der Waals surface area contributed by atoms with Crippen LogP contribution in [-0.4, -0.2) is 46.6 Å². The van der Waals surface area contributed by atoms with E-state index >= 15 is 0 Å². The first kappa shape index (κ1) is 19.2. The van der Waals surface area contributed by atoms with Crippen molar-refractivity contribution in [3.05, 3.63) is 23.8 Å². The van der Waals surface area contributed by atoms with Crippen molar-refractivity contribution in [1.82, 2.24) is 9.62 Å². The molecule has 1 aliphatic rings. The zero-order valence-corrected chi connectivity index (χ0v) is 16.0. The number of nitrogens with zero attached hydrogens (tertiary/aromatic N) is 1. The summed E-state index contributed by atoms with van der Waals surface area (Å²) < 4.78 is 33.2. The molecular formula is C18H30N2O3S. The van der Waals surface area contributed by atoms with Gasteiger partial charge in [-0.05, 0) is 62.4 Å². The lowest BCUT2D eigenvalue weighted by Crippen LogP contribution is -2.40. The van der Waals surface area contributed by atoms with E-state index in [0.717, 1.165) is 38.0 Å². The highest BCUT2D eigenvalue weighted by atomic mass is 32.2. The summed E-state index contributed by atoms with van der Waals surface area (Å²) in [5.74, 6) is 1.47. The molecular weight excluding hydrogens is 324 g/mol. The average molecular weight is 355 g/mol. The summed E-state index contributed by atoms with van der Waals surface area (Å²) in [7, 11) is -2.05. The summed E-state index contributed by atoms with van der Waals surface area (Å²) in [5.41, 5.74) is 0.901. The summed E-state index contributed by atoms with van der Waals surface area (Å²) in [6, 6.07) is 5.21. The van der Waals surface area contributed by atoms with Crippen LogP contribution in [0, 0.1) is 18.8 Å². The van der Waals surface area contributed by atoms with Gasteiger partial charge in [0.1, 0.15) is 10.6 Å². The Hall–Kier alpha value is -1.11. The summed E-state index contributed by atoms with van der Waals surface area (Å²) in [4.78, 5) is 2.70. The molecule has 1 fully saturated rings. The number of methoxy groups -OCH3 is 1. The molecule has 6 heteroatoms. The molecule has 0 atom stereocenters. The van der Waals surface area contributed by atoms with E-state index < -0.39 is 10.0 Å². The van der Waals surface area contributed by atoms with Gasteiger partial charge in [0, 0.05) is 13.1 Å². The van der Waals surface area contributed by atoms with Crippen molar-refractivity contribution in [2.75, 3.05) is 33.3 Å². The molecule has 2 rings (SSSR count). The van der Waals surface area contributed by atoms with Gasteiger partial charge >= 0.3 is 0 Å². The van der Waals surface area contributed by atoms with E-state index in [1.807, 2.05) is 13.0 Å². The van der Waals surface area contributed by atoms with Gasteiger partial charge in [0.2, 0.25) is 10.0 Å². The largest absolute Gasteiger partial charge is 0.495 e. The Bertz CT molecular complexity index is 636. The Balaban J connectivity index is 1.93. The Morgan fingerprint density at radius 3 is 2.54 bits per heavy atom. The summed E-state index contributed by atoms with van der Waals surface area (Å²) in [6.45, 7) is 10.1. The number of rotatable bonds is 7. The molecule has 136 valence electrons. The van der Waals surface area contributed by atoms with Crippen molar-refractivity contribution in [2.24, 2.45) is 11.8 Å². The van der Waals surface area contributed by atoms with Crippen molar-refractivity contribution < 1.29 is 13.2 Å². The molecule has 24 heavy (non-hydrogen) atoms. The second-order valence-corrected chi connectivity index (χ2v) is 8.88. The lowest BCUT2D eigenvalue weighted by atomic mass is 9.96. The molecule has 1 aromatic rings. The van der Waals surface area contributed by atoms with Crippen LogP contribution in [0.2, 0.25) is 0 Å². The first-order chi connectivity index (χ1) is 11.3. The minimum Gasteiger partial charge on any atom is -0.495 e. The zero-order chi connectivity index (χ0) is 17.7. The quantitative estimate of drug-likeness (QED) is 0.818. The van der Waals surface area contributed by atoms with Crippen molar-refractivity contribution in [2.45, 2.75) is 38.5 Å². The molecule has 0 aromatic heterocycles. The Kier molecular flexibility index (Phi) is 6.66. The molecule has 1 N–H and O–H groups in total. The lowest BCUT2D eigenvalue weighted by Gasteiger charge is -2.33. The van der Waals surface area contributed by atoms with Crippen LogP contribution in [0.15, 0.2) is 23.1 Å². The van der Waals surface area contributed by atoms with Gasteiger partial charge in [-0.2, -0.15) is 0 Å². The van der Waals surface area contributed by atoms with Crippen LogP contribution in [0.3, 0.4) is 0 Å². The molecule has 0 amide bonds. The van der Waals surface area contributed by atoms with E-state index in [1.165, 1.54) is 7.11 Å². The summed E-state index contributed by atoms with van der Waals surface area (Å²) in [5, 5.41) is 0. The van der Waals surface area contributed by atoms with Gasteiger partial charge < -0.3 is 9.64 Å². The first-order valence-corrected chi connectivity index (χ1v) is 10.2. The Morgan fingerprint density at radius 1 is 1.29 bits per heavy atom. The van der Waals surface area contributed by atoms with Crippen LogP contribution >= 0.6 is 0 Å². The highest BCUT2D eigenvalue weighted by Crippen LogP contribution is 2.25. The predicted molar refractivity (Wildman–Crippen MR) is 96.9 cm³/mol. The number of hydrogen-bond acceptors (Lipinski definition) is 4. The normalized spacial score (nSPS) is 17.4. The minimum absolute atomic E-state index is 0.224. The zero-order valence-electron chi connectivity index (χ0n) is 15.2. The predicted octanol–water partition coefficient (Wildman–Crippen LogP) is 2.65. The third kappa shape index (κ3) is 5.19. The second kappa shape index (κ2) is 8.32. The van der Waals surface area contributed by atoms with Crippen LogP contribution in [0.4, 0.5) is 0 Å². The molecule has 1 aliphatic heterocycles. The number of ether oxygens (including phenoxy) is 1. The van der Waals surface area contributed by atoms with Crippen molar-refractivity contribution in [3.63, 3.8) is 0 Å². The van der Waals surface area contributed by atoms with Gasteiger partial charge in [0.15, 0.2) is 0 Å². The molecule has 0 unspecified atom stereocenters. The molecule has 0 radical (unpaired) electrons. The maximum atomic E-state index is 12.6. The SMILES string of the molecule is COc1ccc(C)cc1S(=O)(=O)NCC1CCN(CC(C)C)CC1. The number of nitrogens with one attached hydrogen (secondary N) is 1. The van der Waals surface area contributed by atoms with Crippen molar-refractivity contribution in [3.8, 4) is 5.75 Å². The fraction of sp³-hybridized carbons (Fsp3) is 0.667. The van der Waals surface area contributed by atoms with Crippen molar-refractivity contribution in [1.29, 1.82) is 0 Å². The fourth-order valence-electron chi connectivity index (χ4n) is 3.19. The first-order valence-electron chi connectivity index (χ1n) is 8.68. The summed E-state index contributed by atoms with van der Waals surface area (Å²) >= 11 is 0. The van der Waals surface area contributed by atoms with Crippen LogP contribution in [0.1, 0.15) is 32.3 Å². The number of benzene rings is 1. The van der Waals surface area contributed by atoms with Crippen LogP contribution in [-0.2, 0) is 10.0 Å². The standard InChI is InChI=1S/C18H30N2O3S/c1-14(2)13-20-9-7-16(8-10-20)12-19-24(21,22)18-11-15(3)5-6-17(18)23-4/h5-6,11,14,16,19H,7-10,12-13H2,1-4H3. The Labute approximate surface area is 146 Å². The van der Waals surface area contributed by atoms with E-state index in [1.54, 1.807) is 12.1 Å². The molecule has 5 nitrogen and oxygen atoms in total. The van der Waals surface area contributed by atoms with Gasteiger partial charge in [-0.15, -0.1) is 0 Å². The van der Waals surface area contributed by atoms with Crippen LogP contribution in [0.25, 0.3) is 0 Å². The topological polar surface area (TPSA) is 58.6 Å². The number of piperidine rings is 1. The number of sulfonamides is 1. The van der Waals surface area contributed by atoms with E-state index in [2.05, 4.69) is 23.5 Å². The number of aryl methyl sites for hydroxylation is 1. The minimum atomic E-state index is -3.55. The van der Waals surface area contributed by atoms with E-state index in [9.17, 15) is 8.42 Å². The molecule has 1 aromatic carbocycles. The smallest absolute Gasteiger partial charge is 0.244 e. The van der Waals surface area contributed by atoms with Gasteiger partial charge in [-0.25, -0.2) is 13.1 Å². The van der Waals surface area contributed by atoms with Crippen LogP contribution < -0.4 is 9.46 Å². The van der Waals surface area contributed by atoms with Gasteiger partial charge in [0.05, 0.1) is 7.11 Å². The molecule has 0 spiro atoms. The van der Waals surface area contributed by atoms with Crippen molar-refractivity contribution >= 4 is 10.0 Å². The Morgan fingerprint density at radius 2 is 1.96 bits per heavy atom. The van der Waals surface area contributed by atoms with Crippen LogP contribution in [0.5, 0.6) is 5.75 Å². The number of likely N-dealkylation sites (tertiary alicyclic amines) is 1. The molecule has 0 saturated carbocycles.